The van der Waals surface area contributed by atoms with Crippen LogP contribution in [0.25, 0.3) is 0 Å². The lowest BCUT2D eigenvalue weighted by atomic mass is 9.68. The largest absolute Gasteiger partial charge is 0.343 e. The molecule has 0 amide bonds. The van der Waals surface area contributed by atoms with Crippen LogP contribution < -0.4 is 0 Å². The van der Waals surface area contributed by atoms with E-state index in [1.807, 2.05) is 0 Å². The van der Waals surface area contributed by atoms with Crippen molar-refractivity contribution >= 4 is 22.6 Å². The molecule has 2 nitrogen and oxygen atoms in total. The third-order valence-corrected chi connectivity index (χ3v) is 6.16. The maximum Gasteiger partial charge on any atom is 0.200 e. The molecule has 2 aromatic carbocycles. The van der Waals surface area contributed by atoms with Crippen LogP contribution in [0.5, 0.6) is 0 Å². The van der Waals surface area contributed by atoms with Crippen LogP contribution in [0.3, 0.4) is 0 Å². The third-order valence-electron chi connectivity index (χ3n) is 4.85. The van der Waals surface area contributed by atoms with E-state index in [1.54, 1.807) is 0 Å². The zero-order chi connectivity index (χ0) is 15.8. The Morgan fingerprint density at radius 3 is 1.78 bits per heavy atom. The van der Waals surface area contributed by atoms with E-state index >= 15 is 0 Å². The van der Waals surface area contributed by atoms with Crippen molar-refractivity contribution in [3.8, 4) is 0 Å². The highest BCUT2D eigenvalue weighted by atomic mass is 127. The Bertz CT molecular complexity index is 651. The molecule has 0 bridgehead atoms. The summed E-state index contributed by atoms with van der Waals surface area (Å²) >= 11 is 2.49. The number of benzene rings is 2. The van der Waals surface area contributed by atoms with E-state index in [4.69, 9.17) is 9.47 Å². The summed E-state index contributed by atoms with van der Waals surface area (Å²) < 4.78 is 12.1. The predicted molar refractivity (Wildman–Crippen MR) is 99.9 cm³/mol. The molecule has 23 heavy (non-hydrogen) atoms. The van der Waals surface area contributed by atoms with Crippen molar-refractivity contribution in [2.75, 3.05) is 13.2 Å². The Kier molecular flexibility index (Phi) is 4.03. The van der Waals surface area contributed by atoms with Crippen molar-refractivity contribution < 1.29 is 9.47 Å². The molecule has 118 valence electrons. The topological polar surface area (TPSA) is 18.5 Å². The van der Waals surface area contributed by atoms with Crippen LogP contribution >= 0.6 is 22.6 Å². The number of alkyl halides is 1. The van der Waals surface area contributed by atoms with E-state index in [2.05, 4.69) is 95.4 Å². The van der Waals surface area contributed by atoms with Gasteiger partial charge in [0.15, 0.2) is 5.79 Å². The highest BCUT2D eigenvalue weighted by molar-refractivity contribution is 14.1. The summed E-state index contributed by atoms with van der Waals surface area (Å²) in [6.07, 6.45) is 5.39. The van der Waals surface area contributed by atoms with Gasteiger partial charge in [0.05, 0.1) is 17.1 Å². The van der Waals surface area contributed by atoms with Crippen LogP contribution in [-0.2, 0) is 14.9 Å². The minimum absolute atomic E-state index is 0.130. The van der Waals surface area contributed by atoms with Crippen LogP contribution in [-0.4, -0.2) is 22.9 Å². The predicted octanol–water partition coefficient (Wildman–Crippen LogP) is 4.48. The van der Waals surface area contributed by atoms with Gasteiger partial charge in [0.2, 0.25) is 0 Å². The summed E-state index contributed by atoms with van der Waals surface area (Å²) in [6, 6.07) is 21.5. The van der Waals surface area contributed by atoms with Crippen molar-refractivity contribution in [2.45, 2.75) is 21.5 Å². The first kappa shape index (κ1) is 15.4. The van der Waals surface area contributed by atoms with E-state index in [-0.39, 0.29) is 9.34 Å². The molecule has 1 spiro atoms. The van der Waals surface area contributed by atoms with Gasteiger partial charge in [0.25, 0.3) is 0 Å². The fourth-order valence-electron chi connectivity index (χ4n) is 3.64. The second kappa shape index (κ2) is 6.04. The molecule has 1 aliphatic heterocycles. The summed E-state index contributed by atoms with van der Waals surface area (Å²) in [5.74, 6) is -0.548. The third kappa shape index (κ3) is 2.55. The molecule has 1 aliphatic carbocycles. The zero-order valence-corrected chi connectivity index (χ0v) is 15.0. The minimum atomic E-state index is -0.548. The Labute approximate surface area is 150 Å². The van der Waals surface area contributed by atoms with Crippen molar-refractivity contribution in [1.29, 1.82) is 0 Å². The first-order valence-electron chi connectivity index (χ1n) is 7.99. The molecule has 1 unspecified atom stereocenters. The van der Waals surface area contributed by atoms with Gasteiger partial charge in [-0.05, 0) is 23.6 Å². The smallest absolute Gasteiger partial charge is 0.200 e. The molecule has 4 rings (SSSR count). The van der Waals surface area contributed by atoms with E-state index < -0.39 is 5.79 Å². The Hall–Kier alpha value is -1.17. The molecule has 1 heterocycles. The van der Waals surface area contributed by atoms with Gasteiger partial charge in [0, 0.05) is 5.41 Å². The van der Waals surface area contributed by atoms with Gasteiger partial charge >= 0.3 is 0 Å². The van der Waals surface area contributed by atoms with Gasteiger partial charge in [-0.3, -0.25) is 0 Å². The van der Waals surface area contributed by atoms with Crippen LogP contribution in [0.4, 0.5) is 0 Å². The second-order valence-corrected chi connectivity index (χ2v) is 7.63. The first-order chi connectivity index (χ1) is 11.3. The number of halogens is 1. The Morgan fingerprint density at radius 1 is 0.783 bits per heavy atom. The van der Waals surface area contributed by atoms with E-state index in [0.29, 0.717) is 13.2 Å². The Balaban J connectivity index is 1.85. The molecule has 1 saturated heterocycles. The van der Waals surface area contributed by atoms with E-state index in [1.165, 1.54) is 11.1 Å². The average Bonchev–Trinajstić information content (AvgIpc) is 3.09. The fourth-order valence-corrected chi connectivity index (χ4v) is 4.90. The van der Waals surface area contributed by atoms with Crippen LogP contribution in [0.1, 0.15) is 17.5 Å². The summed E-state index contributed by atoms with van der Waals surface area (Å²) in [5.41, 5.74) is 2.50. The summed E-state index contributed by atoms with van der Waals surface area (Å²) in [4.78, 5) is 0. The molecule has 1 atom stereocenters. The number of hydrogen-bond acceptors (Lipinski definition) is 2. The highest BCUT2D eigenvalue weighted by Crippen LogP contribution is 2.48. The maximum absolute atomic E-state index is 5.94. The summed E-state index contributed by atoms with van der Waals surface area (Å²) in [6.45, 7) is 1.35. The molecule has 0 N–H and O–H groups in total. The van der Waals surface area contributed by atoms with Gasteiger partial charge in [-0.2, -0.15) is 0 Å². The summed E-state index contributed by atoms with van der Waals surface area (Å²) in [7, 11) is 0. The molecule has 3 heteroatoms. The van der Waals surface area contributed by atoms with Gasteiger partial charge in [-0.1, -0.05) is 89.3 Å². The average molecular weight is 418 g/mol. The Morgan fingerprint density at radius 2 is 1.30 bits per heavy atom. The van der Waals surface area contributed by atoms with Crippen LogP contribution in [0, 0.1) is 0 Å². The van der Waals surface area contributed by atoms with Gasteiger partial charge in [0.1, 0.15) is 0 Å². The number of hydrogen-bond donors (Lipinski definition) is 0. The van der Waals surface area contributed by atoms with Crippen molar-refractivity contribution in [3.05, 3.63) is 83.9 Å². The molecular formula is C20H19IO2. The lowest BCUT2D eigenvalue weighted by Gasteiger charge is -2.43. The van der Waals surface area contributed by atoms with Crippen LogP contribution in [0.15, 0.2) is 72.8 Å². The van der Waals surface area contributed by atoms with Crippen molar-refractivity contribution in [3.63, 3.8) is 0 Å². The standard InChI is InChI=1S/C20H19IO2/c21-18-15-19(16-7-3-1-4-8-16,17-9-5-2-6-10-17)11-12-20(18)22-13-14-23-20/h1-12,18H,13-15H2. The van der Waals surface area contributed by atoms with Gasteiger partial charge in [-0.25, -0.2) is 0 Å². The summed E-state index contributed by atoms with van der Waals surface area (Å²) in [5, 5.41) is 0. The molecule has 0 aromatic heterocycles. The minimum Gasteiger partial charge on any atom is -0.343 e. The second-order valence-electron chi connectivity index (χ2n) is 6.13. The maximum atomic E-state index is 5.94. The molecule has 0 radical (unpaired) electrons. The van der Waals surface area contributed by atoms with Gasteiger partial charge < -0.3 is 9.47 Å². The normalized spacial score (nSPS) is 24.8. The van der Waals surface area contributed by atoms with E-state index in [9.17, 15) is 0 Å². The molecule has 2 aromatic rings. The van der Waals surface area contributed by atoms with Crippen molar-refractivity contribution in [2.24, 2.45) is 0 Å². The van der Waals surface area contributed by atoms with E-state index in [0.717, 1.165) is 6.42 Å². The van der Waals surface area contributed by atoms with Gasteiger partial charge in [-0.15, -0.1) is 0 Å². The molecule has 2 aliphatic rings. The lowest BCUT2D eigenvalue weighted by molar-refractivity contribution is -0.118. The number of allylic oxidation sites excluding steroid dienone is 1. The number of rotatable bonds is 2. The fraction of sp³-hybridized carbons (Fsp3) is 0.300. The highest BCUT2D eigenvalue weighted by Gasteiger charge is 2.49. The number of ether oxygens (including phenoxy) is 2. The monoisotopic (exact) mass is 418 g/mol. The van der Waals surface area contributed by atoms with Crippen LogP contribution in [0.2, 0.25) is 0 Å². The quantitative estimate of drug-likeness (QED) is 0.407. The zero-order valence-electron chi connectivity index (χ0n) is 12.8. The molecular weight excluding hydrogens is 399 g/mol. The van der Waals surface area contributed by atoms with Crippen molar-refractivity contribution in [1.82, 2.24) is 0 Å². The molecule has 0 saturated carbocycles. The first-order valence-corrected chi connectivity index (χ1v) is 9.23. The lowest BCUT2D eigenvalue weighted by Crippen LogP contribution is -2.46. The SMILES string of the molecule is IC1CC(c2ccccc2)(c2ccccc2)C=CC12OCCO2. The molecule has 1 fully saturated rings.